The molecule has 26 valence electrons. The van der Waals surface area contributed by atoms with E-state index in [1.807, 2.05) is 0 Å². The number of hydrogen-bond donors (Lipinski definition) is 0. The van der Waals surface area contributed by atoms with Crippen molar-refractivity contribution in [1.29, 1.82) is 0 Å². The molecule has 0 amide bonds. The molecule has 0 atom stereocenters. The van der Waals surface area contributed by atoms with Crippen LogP contribution in [0.15, 0.2) is 0 Å². The van der Waals surface area contributed by atoms with Crippen molar-refractivity contribution in [3.05, 3.63) is 0 Å². The van der Waals surface area contributed by atoms with Gasteiger partial charge in [-0.2, -0.15) is 0 Å². The number of hydrogen-bond acceptors (Lipinski definition) is 0. The summed E-state index contributed by atoms with van der Waals surface area (Å²) in [5, 5.41) is 0. The van der Waals surface area contributed by atoms with Crippen molar-refractivity contribution in [3.8, 4) is 0 Å². The van der Waals surface area contributed by atoms with Gasteiger partial charge in [-0.25, -0.2) is 0 Å². The number of halogens is 3. The molecule has 0 aromatic rings. The van der Waals surface area contributed by atoms with E-state index in [0.717, 1.165) is 0 Å². The van der Waals surface area contributed by atoms with Crippen LogP contribution in [-0.4, -0.2) is 5.58 Å². The van der Waals surface area contributed by atoms with Gasteiger partial charge in [-0.1, -0.05) is 0 Å². The molecule has 0 saturated heterocycles. The van der Waals surface area contributed by atoms with Crippen molar-refractivity contribution < 1.29 is 27.7 Å². The van der Waals surface area contributed by atoms with Gasteiger partial charge in [0.25, 0.3) is 0 Å². The molecule has 0 rings (SSSR count). The Labute approximate surface area is 89.5 Å². The van der Waals surface area contributed by atoms with Gasteiger partial charge in [-0.05, 0) is 0 Å². The van der Waals surface area contributed by atoms with Gasteiger partial charge in [-0.3, -0.25) is 0 Å². The third-order valence-electron chi connectivity index (χ3n) is 0. The summed E-state index contributed by atoms with van der Waals surface area (Å²) < 4.78 is 0. The molecule has 0 aromatic heterocycles. The van der Waals surface area contributed by atoms with Crippen molar-refractivity contribution >= 4 is 64.6 Å². The van der Waals surface area contributed by atoms with Crippen molar-refractivity contribution in [2.24, 2.45) is 0 Å². The zero-order chi connectivity index (χ0) is 3.58. The molecule has 0 fully saturated rings. The fourth-order valence-electron chi connectivity index (χ4n) is 0. The Balaban J connectivity index is 0. The second kappa shape index (κ2) is 7.76. The molecule has 0 bridgehead atoms. The van der Waals surface area contributed by atoms with E-state index in [-0.39, 0.29) is 27.7 Å². The second-order valence-electron chi connectivity index (χ2n) is 0.247. The Morgan fingerprint density at radius 3 is 1.00 bits per heavy atom. The molecule has 5 heavy (non-hydrogen) atoms. The first-order valence-electron chi connectivity index (χ1n) is 0.655. The molecule has 0 aliphatic rings. The van der Waals surface area contributed by atoms with Crippen LogP contribution in [0, 0.1) is 0 Å². The Morgan fingerprint density at radius 1 is 1.00 bits per heavy atom. The summed E-state index contributed by atoms with van der Waals surface area (Å²) in [7, 11) is 0. The summed E-state index contributed by atoms with van der Waals surface area (Å²) in [4.78, 5) is 0. The monoisotopic (exact) mass is 652 g/mol. The first-order chi connectivity index (χ1) is 1.73. The van der Waals surface area contributed by atoms with Crippen LogP contribution in [-0.2, 0) is 27.7 Å². The third-order valence-corrected chi connectivity index (χ3v) is 0. The summed E-state index contributed by atoms with van der Waals surface area (Å²) in [5.74, 6) is 0. The quantitative estimate of drug-likeness (QED) is 0.279. The van der Waals surface area contributed by atoms with Gasteiger partial charge >= 0.3 is 64.6 Å². The van der Waals surface area contributed by atoms with Crippen LogP contribution in [0.5, 0.6) is 0 Å². The summed E-state index contributed by atoms with van der Waals surface area (Å²) in [6.07, 6.45) is 0. The summed E-state index contributed by atoms with van der Waals surface area (Å²) >= 11 is 7.51. The molecule has 0 saturated carbocycles. The fraction of sp³-hybridized carbons (Fsp3) is 0. The van der Waals surface area contributed by atoms with E-state index in [0.29, 0.717) is 0 Å². The average Bonchev–Trinajstić information content (AvgIpc) is 0.811. The van der Waals surface area contributed by atoms with E-state index in [4.69, 9.17) is 0 Å². The molecule has 0 aromatic carbocycles. The van der Waals surface area contributed by atoms with Crippen LogP contribution < -0.4 is 0 Å². The maximum absolute atomic E-state index is 2.50. The van der Waals surface area contributed by atoms with Crippen LogP contribution >= 0.6 is 59.0 Å². The molecule has 0 unspecified atom stereocenters. The van der Waals surface area contributed by atoms with Gasteiger partial charge in [-0.15, -0.1) is 0 Å². The maximum atomic E-state index is 2.50. The molecular weight excluding hydrogens is 651 g/mol. The molecule has 0 radical (unpaired) electrons. The molecule has 0 aliphatic carbocycles. The normalized spacial score (nSPS) is 5.40. The molecule has 0 N–H and O–H groups in total. The van der Waals surface area contributed by atoms with Crippen molar-refractivity contribution in [2.75, 3.05) is 0 Å². The van der Waals surface area contributed by atoms with Gasteiger partial charge in [0.1, 0.15) is 0 Å². The number of rotatable bonds is 0. The van der Waals surface area contributed by atoms with Crippen molar-refractivity contribution in [1.82, 2.24) is 0 Å². The molecule has 0 heterocycles. The Kier molecular flexibility index (Phi) is 17.9. The molecule has 0 nitrogen and oxygen atoms in total. The van der Waals surface area contributed by atoms with Crippen molar-refractivity contribution in [3.63, 3.8) is 0 Å². The average molecular weight is 651 g/mol. The summed E-state index contributed by atoms with van der Waals surface area (Å²) in [5.41, 5.74) is -0.569. The van der Waals surface area contributed by atoms with E-state index in [9.17, 15) is 0 Å². The predicted molar refractivity (Wildman–Crippen MR) is 47.8 cm³/mol. The topological polar surface area (TPSA) is 0 Å². The van der Waals surface area contributed by atoms with Crippen LogP contribution in [0.3, 0.4) is 0 Å². The molecule has 0 spiro atoms. The fourth-order valence-corrected chi connectivity index (χ4v) is 0. The Bertz CT molecular complexity index is 11.6. The Morgan fingerprint density at radius 2 is 1.00 bits per heavy atom. The summed E-state index contributed by atoms with van der Waals surface area (Å²) in [6.45, 7) is 0. The van der Waals surface area contributed by atoms with Crippen LogP contribution in [0.1, 0.15) is 0 Å². The first kappa shape index (κ1) is 11.5. The third kappa shape index (κ3) is 18.2. The molecular formula is GaHgI3. The van der Waals surface area contributed by atoms with Crippen molar-refractivity contribution in [2.45, 2.75) is 0 Å². The Hall–Kier alpha value is 3.76. The van der Waals surface area contributed by atoms with Gasteiger partial charge in [0.2, 0.25) is 0 Å². The van der Waals surface area contributed by atoms with E-state index in [1.54, 1.807) is 0 Å². The van der Waals surface area contributed by atoms with E-state index < -0.39 is 5.58 Å². The summed E-state index contributed by atoms with van der Waals surface area (Å²) in [6, 6.07) is 0. The van der Waals surface area contributed by atoms with Gasteiger partial charge in [0.15, 0.2) is 0 Å². The van der Waals surface area contributed by atoms with Crippen LogP contribution in [0.4, 0.5) is 0 Å². The van der Waals surface area contributed by atoms with Gasteiger partial charge < -0.3 is 0 Å². The molecule has 5 heteroatoms. The van der Waals surface area contributed by atoms with E-state index in [1.165, 1.54) is 0 Å². The first-order valence-corrected chi connectivity index (χ1v) is 22.8. The molecule has 0 aliphatic heterocycles. The van der Waals surface area contributed by atoms with Gasteiger partial charge in [0.05, 0.1) is 0 Å². The SMILES string of the molecule is [Hg].[I][Ga]([I])[I]. The van der Waals surface area contributed by atoms with E-state index in [2.05, 4.69) is 59.0 Å². The zero-order valence-electron chi connectivity index (χ0n) is 2.42. The zero-order valence-corrected chi connectivity index (χ0v) is 16.8. The predicted octanol–water partition coefficient (Wildman–Crippen LogP) is 2.27. The standard InChI is InChI=1S/Ga.Hg.3HI/h;;3*1H/q+3;;;;/p-3. The van der Waals surface area contributed by atoms with Gasteiger partial charge in [0, 0.05) is 27.7 Å². The van der Waals surface area contributed by atoms with Crippen LogP contribution in [0.25, 0.3) is 0 Å². The minimum atomic E-state index is -0.569. The minimum absolute atomic E-state index is 0. The van der Waals surface area contributed by atoms with Crippen LogP contribution in [0.2, 0.25) is 0 Å². The second-order valence-corrected chi connectivity index (χ2v) is 57.9. The van der Waals surface area contributed by atoms with E-state index >= 15 is 0 Å².